The van der Waals surface area contributed by atoms with Gasteiger partial charge in [-0.05, 0) is 35.0 Å². The molecule has 0 aromatic carbocycles. The van der Waals surface area contributed by atoms with Gasteiger partial charge >= 0.3 is 0 Å². The Morgan fingerprint density at radius 1 is 1.00 bits per heavy atom. The first-order valence-electron chi connectivity index (χ1n) is 5.76. The minimum absolute atomic E-state index is 0.557. The molecule has 0 heterocycles. The van der Waals surface area contributed by atoms with Crippen LogP contribution in [0.1, 0.15) is 54.9 Å². The minimum Gasteiger partial charge on any atom is -0.0622 e. The second-order valence-electron chi connectivity index (χ2n) is 6.11. The summed E-state index contributed by atoms with van der Waals surface area (Å²) in [7, 11) is 0. The highest BCUT2D eigenvalue weighted by atomic mass is 14.6. The molecule has 0 bridgehead atoms. The molecule has 0 aromatic heterocycles. The fourth-order valence-corrected chi connectivity index (χ4v) is 3.59. The summed E-state index contributed by atoms with van der Waals surface area (Å²) in [5.74, 6) is 2.53. The summed E-state index contributed by atoms with van der Waals surface area (Å²) in [4.78, 5) is 0. The van der Waals surface area contributed by atoms with Crippen LogP contribution in [0.25, 0.3) is 0 Å². The molecule has 1 fully saturated rings. The molecule has 0 nitrogen and oxygen atoms in total. The van der Waals surface area contributed by atoms with Gasteiger partial charge in [0.1, 0.15) is 0 Å². The van der Waals surface area contributed by atoms with Crippen LogP contribution in [0, 0.1) is 28.6 Å². The monoisotopic (exact) mass is 182 g/mol. The summed E-state index contributed by atoms with van der Waals surface area (Å²) in [6.07, 6.45) is 1.42. The average Bonchev–Trinajstić information content (AvgIpc) is 2.02. The van der Waals surface area contributed by atoms with E-state index in [9.17, 15) is 0 Å². The Labute approximate surface area is 84.1 Å². The first-order valence-corrected chi connectivity index (χ1v) is 5.76. The van der Waals surface area contributed by atoms with Gasteiger partial charge in [0.05, 0.1) is 0 Å². The zero-order chi connectivity index (χ0) is 10.4. The van der Waals surface area contributed by atoms with Crippen molar-refractivity contribution in [3.8, 4) is 0 Å². The Balaban J connectivity index is 2.94. The Morgan fingerprint density at radius 3 is 1.62 bits per heavy atom. The van der Waals surface area contributed by atoms with E-state index in [-0.39, 0.29) is 0 Å². The quantitative estimate of drug-likeness (QED) is 0.595. The third kappa shape index (κ3) is 1.17. The summed E-state index contributed by atoms with van der Waals surface area (Å²) < 4.78 is 0. The van der Waals surface area contributed by atoms with Crippen molar-refractivity contribution in [3.05, 3.63) is 0 Å². The smallest absolute Gasteiger partial charge is 0.0220 e. The molecule has 0 spiro atoms. The molecule has 13 heavy (non-hydrogen) atoms. The zero-order valence-corrected chi connectivity index (χ0v) is 10.4. The van der Waals surface area contributed by atoms with Crippen molar-refractivity contribution in [3.63, 3.8) is 0 Å². The second kappa shape index (κ2) is 3.00. The lowest BCUT2D eigenvalue weighted by molar-refractivity contribution is -0.172. The van der Waals surface area contributed by atoms with Crippen LogP contribution < -0.4 is 0 Å². The van der Waals surface area contributed by atoms with Crippen LogP contribution in [-0.4, -0.2) is 0 Å². The first-order chi connectivity index (χ1) is 5.76. The molecule has 0 amide bonds. The highest BCUT2D eigenvalue weighted by Crippen LogP contribution is 2.66. The van der Waals surface area contributed by atoms with Gasteiger partial charge in [-0.25, -0.2) is 0 Å². The Hall–Kier alpha value is 0. The maximum absolute atomic E-state index is 2.49. The lowest BCUT2D eigenvalue weighted by Crippen LogP contribution is -2.59. The molecule has 1 rings (SSSR count). The standard InChI is InChI=1S/C13H26/c1-9(2)12(6)8-11(5)13(12,7)10(3)4/h9-11H,8H2,1-7H3. The summed E-state index contributed by atoms with van der Waals surface area (Å²) in [6, 6.07) is 0. The molecule has 1 saturated carbocycles. The van der Waals surface area contributed by atoms with Crippen LogP contribution in [-0.2, 0) is 0 Å². The topological polar surface area (TPSA) is 0 Å². The van der Waals surface area contributed by atoms with Gasteiger partial charge in [-0.1, -0.05) is 48.5 Å². The van der Waals surface area contributed by atoms with Gasteiger partial charge in [-0.2, -0.15) is 0 Å². The van der Waals surface area contributed by atoms with E-state index in [2.05, 4.69) is 48.5 Å². The fourth-order valence-electron chi connectivity index (χ4n) is 3.59. The number of hydrogen-bond donors (Lipinski definition) is 0. The summed E-state index contributed by atoms with van der Waals surface area (Å²) in [5, 5.41) is 0. The first kappa shape index (κ1) is 11.1. The minimum atomic E-state index is 0.557. The van der Waals surface area contributed by atoms with Crippen molar-refractivity contribution in [1.82, 2.24) is 0 Å². The van der Waals surface area contributed by atoms with Crippen molar-refractivity contribution in [1.29, 1.82) is 0 Å². The highest BCUT2D eigenvalue weighted by molar-refractivity contribution is 5.08. The molecule has 1 aliphatic carbocycles. The summed E-state index contributed by atoms with van der Waals surface area (Å²) in [5.41, 5.74) is 1.13. The van der Waals surface area contributed by atoms with E-state index in [1.165, 1.54) is 6.42 Å². The third-order valence-electron chi connectivity index (χ3n) is 5.46. The molecule has 1 aliphatic rings. The molecule has 0 saturated heterocycles. The van der Waals surface area contributed by atoms with Gasteiger partial charge < -0.3 is 0 Å². The van der Waals surface area contributed by atoms with E-state index >= 15 is 0 Å². The average molecular weight is 182 g/mol. The van der Waals surface area contributed by atoms with Crippen LogP contribution >= 0.6 is 0 Å². The summed E-state index contributed by atoms with van der Waals surface area (Å²) in [6.45, 7) is 16.9. The maximum atomic E-state index is 2.49. The van der Waals surface area contributed by atoms with Crippen molar-refractivity contribution < 1.29 is 0 Å². The number of rotatable bonds is 2. The second-order valence-corrected chi connectivity index (χ2v) is 6.11. The van der Waals surface area contributed by atoms with Crippen LogP contribution in [0.15, 0.2) is 0 Å². The van der Waals surface area contributed by atoms with Gasteiger partial charge in [0.15, 0.2) is 0 Å². The van der Waals surface area contributed by atoms with E-state index in [1.807, 2.05) is 0 Å². The van der Waals surface area contributed by atoms with Gasteiger partial charge in [-0.3, -0.25) is 0 Å². The Bertz CT molecular complexity index is 185. The third-order valence-corrected chi connectivity index (χ3v) is 5.46. The van der Waals surface area contributed by atoms with Gasteiger partial charge in [0.25, 0.3) is 0 Å². The van der Waals surface area contributed by atoms with E-state index in [0.717, 1.165) is 17.8 Å². The van der Waals surface area contributed by atoms with E-state index in [1.54, 1.807) is 0 Å². The Kier molecular flexibility index (Phi) is 2.56. The normalized spacial score (nSPS) is 45.5. The van der Waals surface area contributed by atoms with Gasteiger partial charge in [0.2, 0.25) is 0 Å². The van der Waals surface area contributed by atoms with Crippen molar-refractivity contribution in [2.75, 3.05) is 0 Å². The Morgan fingerprint density at radius 2 is 1.46 bits per heavy atom. The number of hydrogen-bond acceptors (Lipinski definition) is 0. The molecule has 0 aliphatic heterocycles. The molecular formula is C13H26. The molecule has 3 atom stereocenters. The molecule has 3 unspecified atom stereocenters. The van der Waals surface area contributed by atoms with Crippen molar-refractivity contribution in [2.24, 2.45) is 28.6 Å². The maximum Gasteiger partial charge on any atom is -0.0220 e. The zero-order valence-electron chi connectivity index (χ0n) is 10.4. The van der Waals surface area contributed by atoms with Crippen LogP contribution in [0.2, 0.25) is 0 Å². The molecule has 0 N–H and O–H groups in total. The lowest BCUT2D eigenvalue weighted by atomic mass is 9.39. The van der Waals surface area contributed by atoms with E-state index < -0.39 is 0 Å². The summed E-state index contributed by atoms with van der Waals surface area (Å²) >= 11 is 0. The van der Waals surface area contributed by atoms with E-state index in [4.69, 9.17) is 0 Å². The van der Waals surface area contributed by atoms with Crippen LogP contribution in [0.5, 0.6) is 0 Å². The largest absolute Gasteiger partial charge is 0.0622 e. The molecular weight excluding hydrogens is 156 g/mol. The van der Waals surface area contributed by atoms with Gasteiger partial charge in [0, 0.05) is 0 Å². The SMILES string of the molecule is CC(C)C1(C)CC(C)C1(C)C(C)C. The van der Waals surface area contributed by atoms with Crippen molar-refractivity contribution in [2.45, 2.75) is 54.9 Å². The van der Waals surface area contributed by atoms with Crippen LogP contribution in [0.4, 0.5) is 0 Å². The molecule has 0 radical (unpaired) electrons. The molecule has 0 heteroatoms. The predicted octanol–water partition coefficient (Wildman–Crippen LogP) is 4.35. The molecule has 78 valence electrons. The molecule has 0 aromatic rings. The predicted molar refractivity (Wildman–Crippen MR) is 59.7 cm³/mol. The lowest BCUT2D eigenvalue weighted by Gasteiger charge is -2.66. The fraction of sp³-hybridized carbons (Fsp3) is 1.00. The van der Waals surface area contributed by atoms with E-state index in [0.29, 0.717) is 10.8 Å². The highest BCUT2D eigenvalue weighted by Gasteiger charge is 2.59. The van der Waals surface area contributed by atoms with Crippen LogP contribution in [0.3, 0.4) is 0 Å². The van der Waals surface area contributed by atoms with Gasteiger partial charge in [-0.15, -0.1) is 0 Å². The van der Waals surface area contributed by atoms with Crippen molar-refractivity contribution >= 4 is 0 Å².